The zero-order chi connectivity index (χ0) is 16.8. The van der Waals surface area contributed by atoms with Crippen LogP contribution in [0.2, 0.25) is 0 Å². The molecular weight excluding hydrogens is 268 g/mol. The van der Waals surface area contributed by atoms with E-state index in [1.165, 1.54) is 11.1 Å². The Hall–Kier alpha value is -1.08. The van der Waals surface area contributed by atoms with Gasteiger partial charge in [-0.25, -0.2) is 0 Å². The van der Waals surface area contributed by atoms with Gasteiger partial charge in [-0.2, -0.15) is 0 Å². The summed E-state index contributed by atoms with van der Waals surface area (Å²) in [7, 11) is 0. The van der Waals surface area contributed by atoms with Gasteiger partial charge in [0.25, 0.3) is 0 Å². The second-order valence-corrected chi connectivity index (χ2v) is 7.09. The Balaban J connectivity index is 3.28. The van der Waals surface area contributed by atoms with Gasteiger partial charge in [-0.05, 0) is 64.7 Å². The smallest absolute Gasteiger partial charge is 0.0623 e. The van der Waals surface area contributed by atoms with Crippen LogP contribution in [0.5, 0.6) is 0 Å². The van der Waals surface area contributed by atoms with Gasteiger partial charge >= 0.3 is 0 Å². The van der Waals surface area contributed by atoms with Gasteiger partial charge in [-0.1, -0.05) is 61.4 Å². The molecule has 0 saturated heterocycles. The standard InChI is InChI=1S/C21H34O/c1-7-11-17(5)21(15-18(9-3)12-8-2)14-13-20(6,22)16-19(21)10-4/h7-9,11-12,19,22H,1,10,13-16H2,2-6H3. The van der Waals surface area contributed by atoms with Gasteiger partial charge in [-0.3, -0.25) is 0 Å². The number of hydrogen-bond donors (Lipinski definition) is 1. The van der Waals surface area contributed by atoms with Crippen molar-refractivity contribution in [3.63, 3.8) is 0 Å². The van der Waals surface area contributed by atoms with Crippen molar-refractivity contribution in [3.8, 4) is 0 Å². The molecular formula is C21H34O. The Morgan fingerprint density at radius 3 is 2.50 bits per heavy atom. The van der Waals surface area contributed by atoms with Crippen LogP contribution in [0.1, 0.15) is 66.7 Å². The molecule has 1 aliphatic rings. The van der Waals surface area contributed by atoms with E-state index in [2.05, 4.69) is 58.6 Å². The first-order valence-corrected chi connectivity index (χ1v) is 8.65. The van der Waals surface area contributed by atoms with Crippen LogP contribution in [0.15, 0.2) is 48.1 Å². The van der Waals surface area contributed by atoms with Crippen LogP contribution in [0.4, 0.5) is 0 Å². The van der Waals surface area contributed by atoms with E-state index in [1.54, 1.807) is 0 Å². The minimum absolute atomic E-state index is 0.145. The second-order valence-electron chi connectivity index (χ2n) is 7.09. The molecule has 0 radical (unpaired) electrons. The van der Waals surface area contributed by atoms with Gasteiger partial charge in [0.1, 0.15) is 0 Å². The molecule has 0 aliphatic heterocycles. The quantitative estimate of drug-likeness (QED) is 0.598. The lowest BCUT2D eigenvalue weighted by Crippen LogP contribution is -2.44. The van der Waals surface area contributed by atoms with E-state index < -0.39 is 5.60 Å². The minimum atomic E-state index is -0.519. The Bertz CT molecular complexity index is 464. The van der Waals surface area contributed by atoms with E-state index in [1.807, 2.05) is 13.0 Å². The Morgan fingerprint density at radius 2 is 2.00 bits per heavy atom. The molecule has 124 valence electrons. The number of hydrogen-bond acceptors (Lipinski definition) is 1. The fraction of sp³-hybridized carbons (Fsp3) is 0.619. The van der Waals surface area contributed by atoms with E-state index in [-0.39, 0.29) is 5.41 Å². The van der Waals surface area contributed by atoms with Crippen LogP contribution in [0.25, 0.3) is 0 Å². The van der Waals surface area contributed by atoms with Gasteiger partial charge in [-0.15, -0.1) is 0 Å². The fourth-order valence-electron chi connectivity index (χ4n) is 4.13. The van der Waals surface area contributed by atoms with Crippen LogP contribution >= 0.6 is 0 Å². The topological polar surface area (TPSA) is 20.2 Å². The van der Waals surface area contributed by atoms with Gasteiger partial charge in [0.15, 0.2) is 0 Å². The van der Waals surface area contributed by atoms with Gasteiger partial charge in [0.2, 0.25) is 0 Å². The molecule has 3 unspecified atom stereocenters. The van der Waals surface area contributed by atoms with Crippen LogP contribution in [0, 0.1) is 11.3 Å². The molecule has 1 saturated carbocycles. The molecule has 1 rings (SSSR count). The normalized spacial score (nSPS) is 34.2. The summed E-state index contributed by atoms with van der Waals surface area (Å²) in [5, 5.41) is 10.5. The Labute approximate surface area is 137 Å². The molecule has 0 spiro atoms. The third kappa shape index (κ3) is 4.23. The van der Waals surface area contributed by atoms with Crippen LogP contribution in [-0.4, -0.2) is 10.7 Å². The highest BCUT2D eigenvalue weighted by molar-refractivity contribution is 5.28. The largest absolute Gasteiger partial charge is 0.390 e. The van der Waals surface area contributed by atoms with Crippen molar-refractivity contribution in [2.24, 2.45) is 11.3 Å². The molecule has 3 atom stereocenters. The van der Waals surface area contributed by atoms with E-state index in [0.29, 0.717) is 5.92 Å². The second kappa shape index (κ2) is 7.97. The average molecular weight is 303 g/mol. The summed E-state index contributed by atoms with van der Waals surface area (Å²) in [6.07, 6.45) is 15.6. The number of rotatable bonds is 6. The summed E-state index contributed by atoms with van der Waals surface area (Å²) in [5.41, 5.74) is 2.43. The first-order valence-electron chi connectivity index (χ1n) is 8.65. The van der Waals surface area contributed by atoms with Crippen LogP contribution in [-0.2, 0) is 0 Å². The predicted molar refractivity (Wildman–Crippen MR) is 97.8 cm³/mol. The first-order chi connectivity index (χ1) is 10.3. The summed E-state index contributed by atoms with van der Waals surface area (Å²) >= 11 is 0. The first kappa shape index (κ1) is 19.0. The molecule has 1 aliphatic carbocycles. The summed E-state index contributed by atoms with van der Waals surface area (Å²) < 4.78 is 0. The summed E-state index contributed by atoms with van der Waals surface area (Å²) in [5.74, 6) is 0.507. The van der Waals surface area contributed by atoms with Crippen molar-refractivity contribution < 1.29 is 5.11 Å². The highest BCUT2D eigenvalue weighted by Crippen LogP contribution is 2.54. The van der Waals surface area contributed by atoms with Crippen molar-refractivity contribution in [1.82, 2.24) is 0 Å². The maximum absolute atomic E-state index is 10.5. The maximum Gasteiger partial charge on any atom is 0.0623 e. The summed E-state index contributed by atoms with van der Waals surface area (Å²) in [4.78, 5) is 0. The van der Waals surface area contributed by atoms with Gasteiger partial charge in [0, 0.05) is 0 Å². The summed E-state index contributed by atoms with van der Waals surface area (Å²) in [6.45, 7) is 14.6. The van der Waals surface area contributed by atoms with Crippen molar-refractivity contribution >= 4 is 0 Å². The third-order valence-corrected chi connectivity index (χ3v) is 5.49. The third-order valence-electron chi connectivity index (χ3n) is 5.49. The zero-order valence-corrected chi connectivity index (χ0v) is 15.2. The van der Waals surface area contributed by atoms with E-state index in [9.17, 15) is 5.11 Å². The molecule has 0 aromatic heterocycles. The highest BCUT2D eigenvalue weighted by atomic mass is 16.3. The molecule has 0 amide bonds. The maximum atomic E-state index is 10.5. The molecule has 0 bridgehead atoms. The lowest BCUT2D eigenvalue weighted by Gasteiger charge is -2.50. The van der Waals surface area contributed by atoms with Crippen molar-refractivity contribution in [1.29, 1.82) is 0 Å². The van der Waals surface area contributed by atoms with Crippen molar-refractivity contribution in [2.75, 3.05) is 0 Å². The van der Waals surface area contributed by atoms with Crippen molar-refractivity contribution in [3.05, 3.63) is 48.1 Å². The predicted octanol–water partition coefficient (Wildman–Crippen LogP) is 5.98. The van der Waals surface area contributed by atoms with Crippen LogP contribution in [0.3, 0.4) is 0 Å². The van der Waals surface area contributed by atoms with E-state index >= 15 is 0 Å². The molecule has 1 fully saturated rings. The molecule has 1 N–H and O–H groups in total. The lowest BCUT2D eigenvalue weighted by atomic mass is 9.56. The molecule has 1 nitrogen and oxygen atoms in total. The fourth-order valence-corrected chi connectivity index (χ4v) is 4.13. The number of allylic oxidation sites excluding steroid dienone is 7. The SMILES string of the molecule is C=CC=C(C)C1(CC(C=CC)=CC)CCC(C)(O)CC1CC. The van der Waals surface area contributed by atoms with Crippen molar-refractivity contribution in [2.45, 2.75) is 72.3 Å². The number of aliphatic hydroxyl groups is 1. The molecule has 22 heavy (non-hydrogen) atoms. The van der Waals surface area contributed by atoms with Gasteiger partial charge in [0.05, 0.1) is 5.60 Å². The molecule has 0 aromatic rings. The zero-order valence-electron chi connectivity index (χ0n) is 15.2. The molecule has 0 aromatic carbocycles. The Morgan fingerprint density at radius 1 is 1.32 bits per heavy atom. The lowest BCUT2D eigenvalue weighted by molar-refractivity contribution is -0.0459. The van der Waals surface area contributed by atoms with E-state index in [4.69, 9.17) is 0 Å². The molecule has 0 heterocycles. The van der Waals surface area contributed by atoms with Crippen LogP contribution < -0.4 is 0 Å². The molecule has 1 heteroatoms. The monoisotopic (exact) mass is 302 g/mol. The minimum Gasteiger partial charge on any atom is -0.390 e. The van der Waals surface area contributed by atoms with Gasteiger partial charge < -0.3 is 5.11 Å². The summed E-state index contributed by atoms with van der Waals surface area (Å²) in [6, 6.07) is 0. The highest BCUT2D eigenvalue weighted by Gasteiger charge is 2.46. The Kier molecular flexibility index (Phi) is 6.87. The van der Waals surface area contributed by atoms with E-state index in [0.717, 1.165) is 32.1 Å². The average Bonchev–Trinajstić information content (AvgIpc) is 2.48.